The molecular weight excluding hydrogens is 305 g/mol. The summed E-state index contributed by atoms with van der Waals surface area (Å²) in [5.41, 5.74) is 0.495. The first kappa shape index (κ1) is 15.3. The van der Waals surface area contributed by atoms with Gasteiger partial charge in [0.15, 0.2) is 0 Å². The first-order valence-corrected chi connectivity index (χ1v) is 7.13. The Hall–Kier alpha value is -2.57. The van der Waals surface area contributed by atoms with E-state index < -0.39 is 17.5 Å². The number of nitrogens with one attached hydrogen (secondary N) is 1. The zero-order chi connectivity index (χ0) is 16.7. The topological polar surface area (TPSA) is 42.2 Å². The van der Waals surface area contributed by atoms with Gasteiger partial charge in [0.05, 0.1) is 5.56 Å². The van der Waals surface area contributed by atoms with Crippen molar-refractivity contribution >= 4 is 11.6 Å². The van der Waals surface area contributed by atoms with Gasteiger partial charge in [0.25, 0.3) is 0 Å². The maximum absolute atomic E-state index is 14.3. The Morgan fingerprint density at radius 3 is 2.35 bits per heavy atom. The van der Waals surface area contributed by atoms with Gasteiger partial charge in [0.1, 0.15) is 23.3 Å². The molecular formula is C16H15F3N4. The van der Waals surface area contributed by atoms with Crippen LogP contribution in [0.1, 0.15) is 19.5 Å². The van der Waals surface area contributed by atoms with Crippen LogP contribution >= 0.6 is 0 Å². The molecule has 0 aliphatic rings. The summed E-state index contributed by atoms with van der Waals surface area (Å²) in [7, 11) is 0. The molecule has 3 rings (SSSR count). The Kier molecular flexibility index (Phi) is 3.71. The van der Waals surface area contributed by atoms with Crippen molar-refractivity contribution in [1.29, 1.82) is 0 Å². The second-order valence-electron chi connectivity index (χ2n) is 5.56. The second-order valence-corrected chi connectivity index (χ2v) is 5.56. The molecule has 1 N–H and O–H groups in total. The van der Waals surface area contributed by atoms with Crippen molar-refractivity contribution in [3.05, 3.63) is 47.7 Å². The van der Waals surface area contributed by atoms with Gasteiger partial charge in [-0.2, -0.15) is 4.98 Å². The van der Waals surface area contributed by atoms with Crippen LogP contribution in [0.15, 0.2) is 24.5 Å². The number of halogens is 3. The molecule has 0 aliphatic heterocycles. The summed E-state index contributed by atoms with van der Waals surface area (Å²) in [4.78, 5) is 8.44. The normalized spacial score (nSPS) is 11.4. The molecule has 4 nitrogen and oxygen atoms in total. The summed E-state index contributed by atoms with van der Waals surface area (Å²) in [6, 6.07) is 1.31. The van der Waals surface area contributed by atoms with E-state index in [1.807, 2.05) is 13.8 Å². The van der Waals surface area contributed by atoms with Crippen LogP contribution in [0, 0.1) is 24.4 Å². The third kappa shape index (κ3) is 2.62. The molecule has 7 heteroatoms. The lowest BCUT2D eigenvalue weighted by Gasteiger charge is -2.18. The summed E-state index contributed by atoms with van der Waals surface area (Å²) < 4.78 is 43.4. The summed E-state index contributed by atoms with van der Waals surface area (Å²) in [5.74, 6) is -2.19. The standard InChI is InChI=1S/C16H15F3N4/c1-8(2)21-15-13(9(3)23-5-4-20-16(23)22-15)14-11(18)6-10(17)7-12(14)19/h4-8H,1-3H3,(H,20,21,22). The minimum atomic E-state index is -0.973. The van der Waals surface area contributed by atoms with Crippen LogP contribution in [-0.4, -0.2) is 20.4 Å². The Morgan fingerprint density at radius 1 is 1.09 bits per heavy atom. The van der Waals surface area contributed by atoms with E-state index in [1.54, 1.807) is 23.7 Å². The number of fused-ring (bicyclic) bond motifs is 1. The SMILES string of the molecule is Cc1c(-c2c(F)cc(F)cc2F)c(NC(C)C)nc2nccn12. The molecule has 120 valence electrons. The molecule has 0 spiro atoms. The molecule has 23 heavy (non-hydrogen) atoms. The summed E-state index contributed by atoms with van der Waals surface area (Å²) in [6.07, 6.45) is 3.20. The first-order chi connectivity index (χ1) is 10.9. The summed E-state index contributed by atoms with van der Waals surface area (Å²) >= 11 is 0. The van der Waals surface area contributed by atoms with E-state index in [0.29, 0.717) is 29.4 Å². The number of nitrogens with zero attached hydrogens (tertiary/aromatic N) is 3. The largest absolute Gasteiger partial charge is 0.367 e. The molecule has 0 radical (unpaired) electrons. The van der Waals surface area contributed by atoms with Gasteiger partial charge >= 0.3 is 0 Å². The highest BCUT2D eigenvalue weighted by Gasteiger charge is 2.22. The molecule has 3 aromatic rings. The second kappa shape index (κ2) is 5.57. The van der Waals surface area contributed by atoms with Gasteiger partial charge < -0.3 is 5.32 Å². The fraction of sp³-hybridized carbons (Fsp3) is 0.250. The van der Waals surface area contributed by atoms with Gasteiger partial charge in [0.2, 0.25) is 5.78 Å². The van der Waals surface area contributed by atoms with Crippen molar-refractivity contribution in [2.45, 2.75) is 26.8 Å². The number of aromatic nitrogens is 3. The van der Waals surface area contributed by atoms with E-state index in [1.165, 1.54) is 0 Å². The van der Waals surface area contributed by atoms with Gasteiger partial charge in [-0.1, -0.05) is 0 Å². The first-order valence-electron chi connectivity index (χ1n) is 7.13. The number of hydrogen-bond acceptors (Lipinski definition) is 3. The molecule has 0 atom stereocenters. The lowest BCUT2D eigenvalue weighted by atomic mass is 10.0. The molecule has 1 aromatic carbocycles. The number of rotatable bonds is 3. The molecule has 2 heterocycles. The molecule has 0 saturated heterocycles. The van der Waals surface area contributed by atoms with Crippen LogP contribution in [0.2, 0.25) is 0 Å². The van der Waals surface area contributed by atoms with Gasteiger partial charge in [-0.15, -0.1) is 0 Å². The van der Waals surface area contributed by atoms with E-state index in [2.05, 4.69) is 15.3 Å². The highest BCUT2D eigenvalue weighted by molar-refractivity contribution is 5.79. The maximum atomic E-state index is 14.3. The van der Waals surface area contributed by atoms with E-state index >= 15 is 0 Å². The lowest BCUT2D eigenvalue weighted by molar-refractivity contribution is 0.547. The molecule has 0 amide bonds. The number of aryl methyl sites for hydroxylation is 1. The third-order valence-electron chi connectivity index (χ3n) is 3.48. The average molecular weight is 320 g/mol. The van der Waals surface area contributed by atoms with E-state index in [-0.39, 0.29) is 17.2 Å². The average Bonchev–Trinajstić information content (AvgIpc) is 2.88. The fourth-order valence-corrected chi connectivity index (χ4v) is 2.55. The number of imidazole rings is 1. The van der Waals surface area contributed by atoms with Crippen LogP contribution in [0.3, 0.4) is 0 Å². The predicted molar refractivity (Wildman–Crippen MR) is 81.8 cm³/mol. The minimum Gasteiger partial charge on any atom is -0.367 e. The molecule has 0 aliphatic carbocycles. The van der Waals surface area contributed by atoms with Gasteiger partial charge in [0, 0.05) is 41.8 Å². The van der Waals surface area contributed by atoms with Crippen molar-refractivity contribution in [1.82, 2.24) is 14.4 Å². The fourth-order valence-electron chi connectivity index (χ4n) is 2.55. The van der Waals surface area contributed by atoms with Crippen LogP contribution in [0.5, 0.6) is 0 Å². The third-order valence-corrected chi connectivity index (χ3v) is 3.48. The van der Waals surface area contributed by atoms with Crippen molar-refractivity contribution in [2.24, 2.45) is 0 Å². The van der Waals surface area contributed by atoms with Crippen LogP contribution in [0.4, 0.5) is 19.0 Å². The maximum Gasteiger partial charge on any atom is 0.235 e. The molecule has 0 saturated carbocycles. The highest BCUT2D eigenvalue weighted by atomic mass is 19.1. The van der Waals surface area contributed by atoms with Gasteiger partial charge in [-0.3, -0.25) is 4.40 Å². The number of benzene rings is 1. The van der Waals surface area contributed by atoms with Crippen LogP contribution in [-0.2, 0) is 0 Å². The lowest BCUT2D eigenvalue weighted by Crippen LogP contribution is -2.15. The zero-order valence-corrected chi connectivity index (χ0v) is 12.9. The minimum absolute atomic E-state index is 0.00960. The summed E-state index contributed by atoms with van der Waals surface area (Å²) in [6.45, 7) is 5.47. The molecule has 0 fully saturated rings. The Labute approximate surface area is 131 Å². The zero-order valence-electron chi connectivity index (χ0n) is 12.9. The van der Waals surface area contributed by atoms with Crippen LogP contribution < -0.4 is 5.32 Å². The van der Waals surface area contributed by atoms with E-state index in [4.69, 9.17) is 0 Å². The number of hydrogen-bond donors (Lipinski definition) is 1. The molecule has 0 unspecified atom stereocenters. The van der Waals surface area contributed by atoms with E-state index in [9.17, 15) is 13.2 Å². The monoisotopic (exact) mass is 320 g/mol. The number of anilines is 1. The van der Waals surface area contributed by atoms with Crippen molar-refractivity contribution < 1.29 is 13.2 Å². The smallest absolute Gasteiger partial charge is 0.235 e. The van der Waals surface area contributed by atoms with Gasteiger partial charge in [-0.25, -0.2) is 18.2 Å². The predicted octanol–water partition coefficient (Wildman–Crippen LogP) is 3.94. The molecule has 0 bridgehead atoms. The Balaban J connectivity index is 2.37. The quantitative estimate of drug-likeness (QED) is 0.795. The van der Waals surface area contributed by atoms with Crippen molar-refractivity contribution in [2.75, 3.05) is 5.32 Å². The van der Waals surface area contributed by atoms with Gasteiger partial charge in [-0.05, 0) is 20.8 Å². The molecule has 2 aromatic heterocycles. The van der Waals surface area contributed by atoms with E-state index in [0.717, 1.165) is 0 Å². The van der Waals surface area contributed by atoms with Crippen molar-refractivity contribution in [3.8, 4) is 11.1 Å². The summed E-state index contributed by atoms with van der Waals surface area (Å²) in [5, 5.41) is 3.07. The van der Waals surface area contributed by atoms with Crippen LogP contribution in [0.25, 0.3) is 16.9 Å². The Bertz CT molecular complexity index is 863. The van der Waals surface area contributed by atoms with Crippen molar-refractivity contribution in [3.63, 3.8) is 0 Å². The Morgan fingerprint density at radius 2 is 1.74 bits per heavy atom. The highest BCUT2D eigenvalue weighted by Crippen LogP contribution is 2.35.